The molecule has 4 amide bonds. The molecule has 3 aromatic heterocycles. The number of carboxylic acids is 1. The van der Waals surface area contributed by atoms with E-state index in [4.69, 9.17) is 11.5 Å². The number of carbonyl (C=O) groups excluding carboxylic acids is 4. The van der Waals surface area contributed by atoms with Gasteiger partial charge in [-0.25, -0.2) is 4.98 Å². The molecule has 5 aromatic rings. The third-order valence-electron chi connectivity index (χ3n) is 10.3. The number of carboxylic acid groups (broad SMARTS) is 1. The number of piperidine rings is 1. The summed E-state index contributed by atoms with van der Waals surface area (Å²) >= 11 is 2.90. The molecular weight excluding hydrogens is 753 g/mol. The number of rotatable bonds is 18. The van der Waals surface area contributed by atoms with Gasteiger partial charge in [-0.15, -0.1) is 22.7 Å². The van der Waals surface area contributed by atoms with E-state index in [2.05, 4.69) is 25.9 Å². The molecule has 0 saturated carbocycles. The minimum absolute atomic E-state index is 0.0661. The van der Waals surface area contributed by atoms with Crippen LogP contribution in [0.1, 0.15) is 48.9 Å². The zero-order chi connectivity index (χ0) is 39.6. The first-order valence-electron chi connectivity index (χ1n) is 18.9. The molecule has 1 saturated heterocycles. The van der Waals surface area contributed by atoms with Gasteiger partial charge in [0.1, 0.15) is 18.1 Å². The monoisotopic (exact) mass is 800 g/mol. The SMILES string of the molecule is NCCCC[C@H](N)C(=O)N[C@@H](Cc1cscn1)C(=O)N[C@H](Cc1c[nH]c2ccccc12)C(=O)N[C@H](Cc1csc2ccccc12)C(=O)N1CCC(C(=O)O)CC1. The Kier molecular flexibility index (Phi) is 13.8. The number of hydrogen-bond donors (Lipinski definition) is 7. The summed E-state index contributed by atoms with van der Waals surface area (Å²) in [6.45, 7) is 0.964. The van der Waals surface area contributed by atoms with Gasteiger partial charge in [-0.1, -0.05) is 42.8 Å². The minimum atomic E-state index is -1.16. The summed E-state index contributed by atoms with van der Waals surface area (Å²) < 4.78 is 1.04. The average Bonchev–Trinajstić information content (AvgIpc) is 3.98. The molecule has 1 fully saturated rings. The Hall–Kier alpha value is -5.16. The van der Waals surface area contributed by atoms with E-state index in [-0.39, 0.29) is 38.3 Å². The van der Waals surface area contributed by atoms with Crippen LogP contribution in [0.2, 0.25) is 0 Å². The van der Waals surface area contributed by atoms with Crippen molar-refractivity contribution in [3.8, 4) is 0 Å². The number of para-hydroxylation sites is 1. The first kappa shape index (κ1) is 40.5. The maximum Gasteiger partial charge on any atom is 0.306 e. The number of aliphatic carboxylic acids is 1. The van der Waals surface area contributed by atoms with Gasteiger partial charge in [-0.05, 0) is 66.3 Å². The van der Waals surface area contributed by atoms with E-state index in [9.17, 15) is 29.1 Å². The number of benzene rings is 2. The second-order valence-electron chi connectivity index (χ2n) is 14.2. The molecule has 2 aromatic carbocycles. The van der Waals surface area contributed by atoms with Crippen molar-refractivity contribution in [2.24, 2.45) is 17.4 Å². The van der Waals surface area contributed by atoms with Crippen LogP contribution in [-0.4, -0.2) is 93.4 Å². The Bertz CT molecular complexity index is 2130. The summed E-state index contributed by atoms with van der Waals surface area (Å²) in [5.74, 6) is -3.45. The van der Waals surface area contributed by atoms with Crippen molar-refractivity contribution in [1.82, 2.24) is 30.8 Å². The predicted octanol–water partition coefficient (Wildman–Crippen LogP) is 3.10. The fourth-order valence-electron chi connectivity index (χ4n) is 7.13. The van der Waals surface area contributed by atoms with E-state index in [0.717, 1.165) is 32.1 Å². The molecular formula is C40H48N8O6S2. The van der Waals surface area contributed by atoms with E-state index in [1.807, 2.05) is 53.9 Å². The summed E-state index contributed by atoms with van der Waals surface area (Å²) in [5.41, 5.74) is 16.5. The molecule has 0 radical (unpaired) electrons. The fraction of sp³-hybridized carbons (Fsp3) is 0.400. The predicted molar refractivity (Wildman–Crippen MR) is 217 cm³/mol. The van der Waals surface area contributed by atoms with Gasteiger partial charge in [0, 0.05) is 59.5 Å². The molecule has 4 heterocycles. The number of fused-ring (bicyclic) bond motifs is 2. The maximum atomic E-state index is 14.6. The van der Waals surface area contributed by atoms with Crippen molar-refractivity contribution in [2.75, 3.05) is 19.6 Å². The van der Waals surface area contributed by atoms with Crippen LogP contribution in [0, 0.1) is 5.92 Å². The van der Waals surface area contributed by atoms with Gasteiger partial charge in [0.25, 0.3) is 0 Å². The summed E-state index contributed by atoms with van der Waals surface area (Å²) in [6, 6.07) is 11.3. The van der Waals surface area contributed by atoms with E-state index in [1.54, 1.807) is 33.3 Å². The van der Waals surface area contributed by atoms with Gasteiger partial charge >= 0.3 is 5.97 Å². The molecule has 0 spiro atoms. The summed E-state index contributed by atoms with van der Waals surface area (Å²) in [6.07, 6.45) is 4.49. The molecule has 14 nitrogen and oxygen atoms in total. The standard InChI is InChI=1S/C40H48N8O6S2/c41-14-6-5-9-30(42)36(49)45-33(19-27-22-55-23-44-27)38(51)46-32(17-25-20-43-31-10-3-1-7-28(25)31)37(50)47-34(18-26-21-56-35-11-4-2-8-29(26)35)39(52)48-15-12-24(13-16-48)40(53)54/h1-4,7-8,10-11,20-24,30,32-34,43H,5-6,9,12-19,41-42H2,(H,45,49)(H,46,51)(H,47,50)(H,53,54)/t30-,32+,33-,34+/m0/s1. The molecule has 296 valence electrons. The number of nitrogens with one attached hydrogen (secondary N) is 4. The quantitative estimate of drug-likeness (QED) is 0.0646. The van der Waals surface area contributed by atoms with Gasteiger partial charge < -0.3 is 42.4 Å². The van der Waals surface area contributed by atoms with Crippen LogP contribution < -0.4 is 27.4 Å². The van der Waals surface area contributed by atoms with Gasteiger partial charge in [0.05, 0.1) is 23.2 Å². The maximum absolute atomic E-state index is 14.6. The van der Waals surface area contributed by atoms with Crippen molar-refractivity contribution >= 4 is 73.3 Å². The van der Waals surface area contributed by atoms with Crippen LogP contribution in [0.3, 0.4) is 0 Å². The zero-order valence-electron chi connectivity index (χ0n) is 30.9. The van der Waals surface area contributed by atoms with Gasteiger partial charge in [0.2, 0.25) is 23.6 Å². The van der Waals surface area contributed by atoms with Crippen molar-refractivity contribution in [3.05, 3.63) is 87.8 Å². The first-order valence-corrected chi connectivity index (χ1v) is 20.7. The molecule has 0 bridgehead atoms. The third kappa shape index (κ3) is 10.2. The van der Waals surface area contributed by atoms with Gasteiger partial charge in [0.15, 0.2) is 0 Å². The first-order chi connectivity index (χ1) is 27.1. The van der Waals surface area contributed by atoms with E-state index in [0.29, 0.717) is 44.3 Å². The average molecular weight is 801 g/mol. The molecule has 0 unspecified atom stereocenters. The molecule has 1 aliphatic heterocycles. The van der Waals surface area contributed by atoms with Crippen molar-refractivity contribution in [2.45, 2.75) is 75.5 Å². The number of amides is 4. The van der Waals surface area contributed by atoms with Crippen molar-refractivity contribution in [3.63, 3.8) is 0 Å². The Morgan fingerprint density at radius 3 is 2.21 bits per heavy atom. The number of thiophene rings is 1. The lowest BCUT2D eigenvalue weighted by Gasteiger charge is -2.33. The third-order valence-corrected chi connectivity index (χ3v) is 12.0. The molecule has 16 heteroatoms. The molecule has 9 N–H and O–H groups in total. The topological polar surface area (TPSA) is 226 Å². The molecule has 4 atom stereocenters. The fourth-order valence-corrected chi connectivity index (χ4v) is 8.67. The van der Waals surface area contributed by atoms with Crippen LogP contribution in [0.15, 0.2) is 71.0 Å². The molecule has 6 rings (SSSR count). The van der Waals surface area contributed by atoms with Crippen molar-refractivity contribution < 1.29 is 29.1 Å². The Balaban J connectivity index is 1.28. The highest BCUT2D eigenvalue weighted by Crippen LogP contribution is 2.28. The largest absolute Gasteiger partial charge is 0.481 e. The highest BCUT2D eigenvalue weighted by atomic mass is 32.1. The van der Waals surface area contributed by atoms with Gasteiger partial charge in [-0.2, -0.15) is 0 Å². The highest BCUT2D eigenvalue weighted by molar-refractivity contribution is 7.17. The number of nitrogens with zero attached hydrogens (tertiary/aromatic N) is 2. The number of thiazole rings is 1. The molecule has 0 aliphatic carbocycles. The highest BCUT2D eigenvalue weighted by Gasteiger charge is 2.35. The lowest BCUT2D eigenvalue weighted by atomic mass is 9.95. The number of likely N-dealkylation sites (tertiary alicyclic amines) is 1. The Labute approximate surface area is 332 Å². The second kappa shape index (κ2) is 19.1. The van der Waals surface area contributed by atoms with Gasteiger partial charge in [-0.3, -0.25) is 24.0 Å². The molecule has 56 heavy (non-hydrogen) atoms. The lowest BCUT2D eigenvalue weighted by molar-refractivity contribution is -0.146. The minimum Gasteiger partial charge on any atom is -0.481 e. The van der Waals surface area contributed by atoms with Crippen LogP contribution in [0.5, 0.6) is 0 Å². The van der Waals surface area contributed by atoms with Crippen LogP contribution in [-0.2, 0) is 43.2 Å². The number of hydrogen-bond acceptors (Lipinski definition) is 10. The molecule has 1 aliphatic rings. The normalized spacial score (nSPS) is 15.6. The van der Waals surface area contributed by atoms with Crippen molar-refractivity contribution in [1.29, 1.82) is 0 Å². The smallest absolute Gasteiger partial charge is 0.306 e. The second-order valence-corrected chi connectivity index (χ2v) is 15.9. The van der Waals surface area contributed by atoms with E-state index in [1.165, 1.54) is 11.3 Å². The number of aromatic nitrogens is 2. The summed E-state index contributed by atoms with van der Waals surface area (Å²) in [5, 5.41) is 23.9. The number of carbonyl (C=O) groups is 5. The van der Waals surface area contributed by atoms with Crippen LogP contribution >= 0.6 is 22.7 Å². The van der Waals surface area contributed by atoms with Crippen LogP contribution in [0.4, 0.5) is 0 Å². The Morgan fingerprint density at radius 2 is 1.50 bits per heavy atom. The van der Waals surface area contributed by atoms with E-state index < -0.39 is 53.8 Å². The lowest BCUT2D eigenvalue weighted by Crippen LogP contribution is -2.59. The zero-order valence-corrected chi connectivity index (χ0v) is 32.6. The Morgan fingerprint density at radius 1 is 0.839 bits per heavy atom. The summed E-state index contributed by atoms with van der Waals surface area (Å²) in [4.78, 5) is 77.2. The number of unbranched alkanes of at least 4 members (excludes halogenated alkanes) is 1. The van der Waals surface area contributed by atoms with E-state index >= 15 is 0 Å². The van der Waals surface area contributed by atoms with Crippen LogP contribution in [0.25, 0.3) is 21.0 Å². The number of H-pyrrole nitrogens is 1. The number of nitrogens with two attached hydrogens (primary N) is 2. The summed E-state index contributed by atoms with van der Waals surface area (Å²) in [7, 11) is 0. The number of aromatic amines is 1.